The number of carboxylic acid groups (broad SMARTS) is 1. The van der Waals surface area contributed by atoms with Gasteiger partial charge in [0.25, 0.3) is 0 Å². The summed E-state index contributed by atoms with van der Waals surface area (Å²) in [5, 5.41) is 9.60. The second kappa shape index (κ2) is 5.87. The Labute approximate surface area is 100.0 Å². The molecule has 0 spiro atoms. The van der Waals surface area contributed by atoms with Gasteiger partial charge in [0.2, 0.25) is 0 Å². The number of rotatable bonds is 5. The summed E-state index contributed by atoms with van der Waals surface area (Å²) in [6.45, 7) is 3.63. The fourth-order valence-electron chi connectivity index (χ4n) is 1.40. The van der Waals surface area contributed by atoms with Crippen LogP contribution in [0.3, 0.4) is 0 Å². The fourth-order valence-corrected chi connectivity index (χ4v) is 1.61. The predicted molar refractivity (Wildman–Crippen MR) is 62.8 cm³/mol. The Balaban J connectivity index is 2.71. The molecule has 1 N–H and O–H groups in total. The van der Waals surface area contributed by atoms with Crippen molar-refractivity contribution in [2.24, 2.45) is 0 Å². The van der Waals surface area contributed by atoms with Crippen LogP contribution in [-0.4, -0.2) is 23.3 Å². The number of hydrogen-bond acceptors (Lipinski definition) is 2. The zero-order valence-corrected chi connectivity index (χ0v) is 10.1. The largest absolute Gasteiger partial charge is 0.479 e. The monoisotopic (exact) mass is 242 g/mol. The molecule has 16 heavy (non-hydrogen) atoms. The second-order valence-electron chi connectivity index (χ2n) is 3.85. The van der Waals surface area contributed by atoms with Crippen LogP contribution in [-0.2, 0) is 16.0 Å². The van der Waals surface area contributed by atoms with E-state index < -0.39 is 12.1 Å². The molecule has 3 nitrogen and oxygen atoms in total. The summed E-state index contributed by atoms with van der Waals surface area (Å²) in [5.41, 5.74) is 0.862. The molecule has 0 saturated carbocycles. The predicted octanol–water partition coefficient (Wildman–Crippen LogP) is 2.76. The van der Waals surface area contributed by atoms with Crippen molar-refractivity contribution in [3.05, 3.63) is 34.9 Å². The average Bonchev–Trinajstić information content (AvgIpc) is 2.15. The molecular formula is C12H15ClO3. The first kappa shape index (κ1) is 13.0. The van der Waals surface area contributed by atoms with Gasteiger partial charge in [-0.15, -0.1) is 0 Å². The molecule has 1 rings (SSSR count). The summed E-state index contributed by atoms with van der Waals surface area (Å²) < 4.78 is 5.31. The quantitative estimate of drug-likeness (QED) is 0.864. The van der Waals surface area contributed by atoms with E-state index in [9.17, 15) is 4.79 Å². The number of aliphatic carboxylic acids is 1. The van der Waals surface area contributed by atoms with Crippen LogP contribution in [0.2, 0.25) is 5.02 Å². The third-order valence-electron chi connectivity index (χ3n) is 2.02. The van der Waals surface area contributed by atoms with Crippen LogP contribution in [0, 0.1) is 0 Å². The average molecular weight is 243 g/mol. The molecule has 4 heteroatoms. The molecule has 0 radical (unpaired) electrons. The Hall–Kier alpha value is -1.06. The molecule has 0 saturated heterocycles. The van der Waals surface area contributed by atoms with Gasteiger partial charge in [-0.2, -0.15) is 0 Å². The van der Waals surface area contributed by atoms with Crippen molar-refractivity contribution in [2.75, 3.05) is 0 Å². The van der Waals surface area contributed by atoms with E-state index in [2.05, 4.69) is 0 Å². The minimum atomic E-state index is -0.950. The number of carbonyl (C=O) groups is 1. The van der Waals surface area contributed by atoms with E-state index in [1.165, 1.54) is 0 Å². The fraction of sp³-hybridized carbons (Fsp3) is 0.417. The Morgan fingerprint density at radius 3 is 2.69 bits per heavy atom. The van der Waals surface area contributed by atoms with Gasteiger partial charge in [0.15, 0.2) is 6.10 Å². The standard InChI is InChI=1S/C12H15ClO3/c1-8(2)16-11(12(14)15)7-9-4-3-5-10(13)6-9/h3-6,8,11H,7H2,1-2H3,(H,14,15)/t11-/m1/s1. The number of halogens is 1. The SMILES string of the molecule is CC(C)O[C@H](Cc1cccc(Cl)c1)C(=O)O. The Morgan fingerprint density at radius 2 is 2.19 bits per heavy atom. The Bertz CT molecular complexity index is 363. The van der Waals surface area contributed by atoms with Crippen LogP contribution in [0.25, 0.3) is 0 Å². The summed E-state index contributed by atoms with van der Waals surface area (Å²) in [4.78, 5) is 11.0. The first-order chi connectivity index (χ1) is 7.49. The van der Waals surface area contributed by atoms with Gasteiger partial charge in [-0.05, 0) is 31.5 Å². The van der Waals surface area contributed by atoms with Gasteiger partial charge in [-0.1, -0.05) is 23.7 Å². The van der Waals surface area contributed by atoms with Crippen molar-refractivity contribution in [3.63, 3.8) is 0 Å². The first-order valence-electron chi connectivity index (χ1n) is 5.11. The van der Waals surface area contributed by atoms with E-state index in [0.717, 1.165) is 5.56 Å². The number of benzene rings is 1. The zero-order valence-electron chi connectivity index (χ0n) is 9.31. The maximum Gasteiger partial charge on any atom is 0.333 e. The third-order valence-corrected chi connectivity index (χ3v) is 2.26. The third kappa shape index (κ3) is 4.21. The highest BCUT2D eigenvalue weighted by Gasteiger charge is 2.19. The lowest BCUT2D eigenvalue weighted by atomic mass is 10.1. The van der Waals surface area contributed by atoms with Crippen molar-refractivity contribution in [2.45, 2.75) is 32.5 Å². The van der Waals surface area contributed by atoms with Gasteiger partial charge >= 0.3 is 5.97 Å². The zero-order chi connectivity index (χ0) is 12.1. The highest BCUT2D eigenvalue weighted by Crippen LogP contribution is 2.14. The molecule has 0 bridgehead atoms. The molecule has 0 aromatic heterocycles. The number of carboxylic acids is 1. The first-order valence-corrected chi connectivity index (χ1v) is 5.49. The summed E-state index contributed by atoms with van der Waals surface area (Å²) in [7, 11) is 0. The van der Waals surface area contributed by atoms with Gasteiger partial charge in [0.05, 0.1) is 6.10 Å². The molecule has 0 amide bonds. The molecule has 0 fully saturated rings. The maximum atomic E-state index is 11.0. The molecule has 1 aromatic rings. The lowest BCUT2D eigenvalue weighted by molar-refractivity contribution is -0.153. The molecule has 0 aliphatic carbocycles. The van der Waals surface area contributed by atoms with Crippen LogP contribution >= 0.6 is 11.6 Å². The molecule has 88 valence electrons. The Morgan fingerprint density at radius 1 is 1.50 bits per heavy atom. The lowest BCUT2D eigenvalue weighted by Crippen LogP contribution is -2.29. The van der Waals surface area contributed by atoms with E-state index >= 15 is 0 Å². The van der Waals surface area contributed by atoms with Crippen LogP contribution in [0.15, 0.2) is 24.3 Å². The second-order valence-corrected chi connectivity index (χ2v) is 4.28. The van der Waals surface area contributed by atoms with Crippen LogP contribution in [0.1, 0.15) is 19.4 Å². The van der Waals surface area contributed by atoms with E-state index in [1.807, 2.05) is 19.9 Å². The van der Waals surface area contributed by atoms with Gasteiger partial charge in [-0.25, -0.2) is 4.79 Å². The van der Waals surface area contributed by atoms with Gasteiger partial charge in [-0.3, -0.25) is 0 Å². The summed E-state index contributed by atoms with van der Waals surface area (Å²) in [6, 6.07) is 7.14. The van der Waals surface area contributed by atoms with Gasteiger partial charge in [0, 0.05) is 11.4 Å². The minimum absolute atomic E-state index is 0.111. The van der Waals surface area contributed by atoms with E-state index in [1.54, 1.807) is 18.2 Å². The van der Waals surface area contributed by atoms with E-state index in [4.69, 9.17) is 21.4 Å². The topological polar surface area (TPSA) is 46.5 Å². The molecule has 0 aliphatic rings. The van der Waals surface area contributed by atoms with Crippen molar-refractivity contribution < 1.29 is 14.6 Å². The summed E-state index contributed by atoms with van der Waals surface area (Å²) in [6.07, 6.45) is -0.604. The molecule has 1 aromatic carbocycles. The Kier molecular flexibility index (Phi) is 4.77. The molecule has 0 heterocycles. The van der Waals surface area contributed by atoms with Crippen molar-refractivity contribution in [3.8, 4) is 0 Å². The van der Waals surface area contributed by atoms with Gasteiger partial charge in [0.1, 0.15) is 0 Å². The normalized spacial score (nSPS) is 12.8. The van der Waals surface area contributed by atoms with Crippen molar-refractivity contribution in [1.82, 2.24) is 0 Å². The number of hydrogen-bond donors (Lipinski definition) is 1. The maximum absolute atomic E-state index is 11.0. The molecule has 1 atom stereocenters. The molecular weight excluding hydrogens is 228 g/mol. The van der Waals surface area contributed by atoms with E-state index in [-0.39, 0.29) is 6.10 Å². The van der Waals surface area contributed by atoms with Crippen LogP contribution in [0.5, 0.6) is 0 Å². The lowest BCUT2D eigenvalue weighted by Gasteiger charge is -2.16. The van der Waals surface area contributed by atoms with Crippen molar-refractivity contribution in [1.29, 1.82) is 0 Å². The van der Waals surface area contributed by atoms with Crippen molar-refractivity contribution >= 4 is 17.6 Å². The minimum Gasteiger partial charge on any atom is -0.479 e. The molecule has 0 aliphatic heterocycles. The van der Waals surface area contributed by atoms with Gasteiger partial charge < -0.3 is 9.84 Å². The highest BCUT2D eigenvalue weighted by molar-refractivity contribution is 6.30. The smallest absolute Gasteiger partial charge is 0.333 e. The summed E-state index contributed by atoms with van der Waals surface area (Å²) in [5.74, 6) is -0.950. The van der Waals surface area contributed by atoms with E-state index in [0.29, 0.717) is 11.4 Å². The summed E-state index contributed by atoms with van der Waals surface area (Å²) >= 11 is 5.83. The number of ether oxygens (including phenoxy) is 1. The highest BCUT2D eigenvalue weighted by atomic mass is 35.5. The van der Waals surface area contributed by atoms with Crippen LogP contribution < -0.4 is 0 Å². The van der Waals surface area contributed by atoms with Crippen LogP contribution in [0.4, 0.5) is 0 Å². The molecule has 0 unspecified atom stereocenters.